The number of hydrogen-bond acceptors (Lipinski definition) is 6. The van der Waals surface area contributed by atoms with Gasteiger partial charge in [0, 0.05) is 5.56 Å². The molecular formula is C19H17FN2O4. The number of halogens is 1. The molecule has 1 heterocycles. The average Bonchev–Trinajstić information content (AvgIpc) is 3.13. The monoisotopic (exact) mass is 356 g/mol. The van der Waals surface area contributed by atoms with Crippen LogP contribution in [0.5, 0.6) is 5.75 Å². The maximum Gasteiger partial charge on any atom is 0.338 e. The van der Waals surface area contributed by atoms with Crippen molar-refractivity contribution < 1.29 is 23.1 Å². The van der Waals surface area contributed by atoms with E-state index in [1.807, 2.05) is 6.92 Å². The molecule has 0 radical (unpaired) electrons. The minimum absolute atomic E-state index is 0.156. The molecule has 134 valence electrons. The first kappa shape index (κ1) is 17.6. The molecule has 0 saturated carbocycles. The number of hydrogen-bond donors (Lipinski definition) is 0. The topological polar surface area (TPSA) is 74.5 Å². The molecule has 0 aliphatic rings. The summed E-state index contributed by atoms with van der Waals surface area (Å²) in [6, 6.07) is 12.3. The quantitative estimate of drug-likeness (QED) is 0.617. The maximum atomic E-state index is 13.0. The largest absolute Gasteiger partial charge is 0.494 e. The molecule has 0 unspecified atom stereocenters. The Balaban J connectivity index is 1.67. The van der Waals surface area contributed by atoms with Crippen molar-refractivity contribution in [3.63, 3.8) is 0 Å². The van der Waals surface area contributed by atoms with E-state index in [9.17, 15) is 9.18 Å². The fourth-order valence-corrected chi connectivity index (χ4v) is 2.24. The fourth-order valence-electron chi connectivity index (χ4n) is 2.24. The summed E-state index contributed by atoms with van der Waals surface area (Å²) < 4.78 is 29.2. The fraction of sp³-hybridized carbons (Fsp3) is 0.211. The van der Waals surface area contributed by atoms with E-state index in [0.29, 0.717) is 23.5 Å². The van der Waals surface area contributed by atoms with Crippen molar-refractivity contribution in [3.05, 3.63) is 65.8 Å². The van der Waals surface area contributed by atoms with Crippen LogP contribution in [-0.2, 0) is 4.74 Å². The van der Waals surface area contributed by atoms with Crippen LogP contribution in [0.15, 0.2) is 52.9 Å². The van der Waals surface area contributed by atoms with Gasteiger partial charge in [0.2, 0.25) is 5.89 Å². The summed E-state index contributed by atoms with van der Waals surface area (Å²) in [4.78, 5) is 12.2. The molecule has 1 aromatic heterocycles. The van der Waals surface area contributed by atoms with Crippen LogP contribution in [0.3, 0.4) is 0 Å². The Morgan fingerprint density at radius 1 is 1.12 bits per heavy atom. The molecule has 0 aliphatic carbocycles. The van der Waals surface area contributed by atoms with Crippen LogP contribution in [0.2, 0.25) is 0 Å². The Morgan fingerprint density at radius 2 is 1.81 bits per heavy atom. The van der Waals surface area contributed by atoms with Crippen LogP contribution in [0, 0.1) is 5.82 Å². The first-order valence-electron chi connectivity index (χ1n) is 8.10. The number of carbonyl (C=O) groups is 1. The first-order chi connectivity index (χ1) is 12.6. The van der Waals surface area contributed by atoms with E-state index in [0.717, 1.165) is 0 Å². The lowest BCUT2D eigenvalue weighted by Gasteiger charge is -2.10. The molecule has 7 heteroatoms. The number of nitrogens with zero attached hydrogens (tertiary/aromatic N) is 2. The lowest BCUT2D eigenvalue weighted by Crippen LogP contribution is -2.09. The predicted octanol–water partition coefficient (Wildman–Crippen LogP) is 4.19. The van der Waals surface area contributed by atoms with E-state index in [1.54, 1.807) is 31.2 Å². The average molecular weight is 356 g/mol. The van der Waals surface area contributed by atoms with Crippen molar-refractivity contribution in [3.8, 4) is 17.2 Å². The molecule has 2 aromatic carbocycles. The summed E-state index contributed by atoms with van der Waals surface area (Å²) in [6.45, 7) is 4.07. The van der Waals surface area contributed by atoms with E-state index >= 15 is 0 Å². The Labute approximate surface area is 149 Å². The third-order valence-corrected chi connectivity index (χ3v) is 3.56. The zero-order chi connectivity index (χ0) is 18.5. The molecular weight excluding hydrogens is 339 g/mol. The van der Waals surface area contributed by atoms with Gasteiger partial charge < -0.3 is 13.9 Å². The lowest BCUT2D eigenvalue weighted by atomic mass is 10.2. The third-order valence-electron chi connectivity index (χ3n) is 3.56. The standard InChI is InChI=1S/C19H17FN2O4/c1-3-24-16-10-6-14(7-11-16)19(23)25-12(2)17-21-22-18(26-17)13-4-8-15(20)9-5-13/h4-12H,3H2,1-2H3/t12-/m1/s1. The SMILES string of the molecule is CCOc1ccc(C(=O)O[C@H](C)c2nnc(-c3ccc(F)cc3)o2)cc1. The Kier molecular flexibility index (Phi) is 5.26. The summed E-state index contributed by atoms with van der Waals surface area (Å²) in [5.41, 5.74) is 0.966. The van der Waals surface area contributed by atoms with E-state index in [1.165, 1.54) is 24.3 Å². The van der Waals surface area contributed by atoms with Crippen LogP contribution in [-0.4, -0.2) is 22.8 Å². The van der Waals surface area contributed by atoms with Gasteiger partial charge in [0.05, 0.1) is 12.2 Å². The van der Waals surface area contributed by atoms with Crippen LogP contribution >= 0.6 is 0 Å². The van der Waals surface area contributed by atoms with Crippen molar-refractivity contribution in [1.82, 2.24) is 10.2 Å². The lowest BCUT2D eigenvalue weighted by molar-refractivity contribution is 0.0280. The molecule has 3 rings (SSSR count). The molecule has 0 spiro atoms. The molecule has 0 bridgehead atoms. The summed E-state index contributed by atoms with van der Waals surface area (Å²) in [5.74, 6) is 0.193. The predicted molar refractivity (Wildman–Crippen MR) is 91.1 cm³/mol. The van der Waals surface area contributed by atoms with Gasteiger partial charge in [0.15, 0.2) is 6.10 Å². The number of rotatable bonds is 6. The highest BCUT2D eigenvalue weighted by Gasteiger charge is 2.20. The molecule has 6 nitrogen and oxygen atoms in total. The van der Waals surface area contributed by atoms with Crippen LogP contribution in [0.4, 0.5) is 4.39 Å². The van der Waals surface area contributed by atoms with E-state index in [-0.39, 0.29) is 17.6 Å². The van der Waals surface area contributed by atoms with Gasteiger partial charge >= 0.3 is 5.97 Å². The van der Waals surface area contributed by atoms with E-state index in [2.05, 4.69) is 10.2 Å². The second kappa shape index (κ2) is 7.77. The Hall–Kier alpha value is -3.22. The number of ether oxygens (including phenoxy) is 2. The zero-order valence-electron chi connectivity index (χ0n) is 14.3. The zero-order valence-corrected chi connectivity index (χ0v) is 14.3. The second-order valence-electron chi connectivity index (χ2n) is 5.46. The number of carbonyl (C=O) groups excluding carboxylic acids is 1. The molecule has 0 fully saturated rings. The molecule has 0 saturated heterocycles. The van der Waals surface area contributed by atoms with Gasteiger partial charge in [0.25, 0.3) is 5.89 Å². The van der Waals surface area contributed by atoms with E-state index in [4.69, 9.17) is 13.9 Å². The summed E-state index contributed by atoms with van der Waals surface area (Å²) >= 11 is 0. The highest BCUT2D eigenvalue weighted by atomic mass is 19.1. The minimum atomic E-state index is -0.726. The molecule has 26 heavy (non-hydrogen) atoms. The maximum absolute atomic E-state index is 13.0. The van der Waals surface area contributed by atoms with Gasteiger partial charge in [-0.1, -0.05) is 0 Å². The molecule has 0 amide bonds. The normalized spacial score (nSPS) is 11.8. The van der Waals surface area contributed by atoms with Crippen molar-refractivity contribution in [2.45, 2.75) is 20.0 Å². The van der Waals surface area contributed by atoms with Crippen molar-refractivity contribution in [2.24, 2.45) is 0 Å². The van der Waals surface area contributed by atoms with Crippen LogP contribution in [0.1, 0.15) is 36.2 Å². The molecule has 0 N–H and O–H groups in total. The highest BCUT2D eigenvalue weighted by molar-refractivity contribution is 5.89. The summed E-state index contributed by atoms with van der Waals surface area (Å²) in [7, 11) is 0. The van der Waals surface area contributed by atoms with Gasteiger partial charge in [-0.25, -0.2) is 9.18 Å². The van der Waals surface area contributed by atoms with Crippen molar-refractivity contribution >= 4 is 5.97 Å². The first-order valence-corrected chi connectivity index (χ1v) is 8.10. The van der Waals surface area contributed by atoms with Gasteiger partial charge in [0.1, 0.15) is 11.6 Å². The van der Waals surface area contributed by atoms with Crippen LogP contribution < -0.4 is 4.74 Å². The van der Waals surface area contributed by atoms with E-state index < -0.39 is 12.1 Å². The van der Waals surface area contributed by atoms with Gasteiger partial charge in [-0.2, -0.15) is 0 Å². The Morgan fingerprint density at radius 3 is 2.46 bits per heavy atom. The van der Waals surface area contributed by atoms with Gasteiger partial charge in [-0.05, 0) is 62.4 Å². The molecule has 0 aliphatic heterocycles. The summed E-state index contributed by atoms with van der Waals surface area (Å²) in [6.07, 6.45) is -0.726. The molecule has 1 atom stereocenters. The Bertz CT molecular complexity index is 875. The van der Waals surface area contributed by atoms with Gasteiger partial charge in [-0.15, -0.1) is 10.2 Å². The van der Waals surface area contributed by atoms with Crippen molar-refractivity contribution in [1.29, 1.82) is 0 Å². The molecule has 3 aromatic rings. The van der Waals surface area contributed by atoms with Gasteiger partial charge in [-0.3, -0.25) is 0 Å². The smallest absolute Gasteiger partial charge is 0.338 e. The second-order valence-corrected chi connectivity index (χ2v) is 5.46. The highest BCUT2D eigenvalue weighted by Crippen LogP contribution is 2.23. The number of esters is 1. The minimum Gasteiger partial charge on any atom is -0.494 e. The number of aromatic nitrogens is 2. The third kappa shape index (κ3) is 4.05. The summed E-state index contributed by atoms with van der Waals surface area (Å²) in [5, 5.41) is 7.79. The van der Waals surface area contributed by atoms with Crippen molar-refractivity contribution in [2.75, 3.05) is 6.61 Å². The number of benzene rings is 2. The van der Waals surface area contributed by atoms with Crippen LogP contribution in [0.25, 0.3) is 11.5 Å².